The van der Waals surface area contributed by atoms with Gasteiger partial charge in [0.2, 0.25) is 0 Å². The van der Waals surface area contributed by atoms with Crippen molar-refractivity contribution in [2.24, 2.45) is 0 Å². The van der Waals surface area contributed by atoms with Crippen molar-refractivity contribution in [3.63, 3.8) is 0 Å². The fourth-order valence-electron chi connectivity index (χ4n) is 0.496. The third-order valence-corrected chi connectivity index (χ3v) is 0.936. The van der Waals surface area contributed by atoms with Gasteiger partial charge in [-0.05, 0) is 24.3 Å². The van der Waals surface area contributed by atoms with Gasteiger partial charge in [-0.2, -0.15) is 0 Å². The number of anilines is 2. The number of nitrogens with two attached hydrogens (primary N) is 2. The Morgan fingerprint density at radius 2 is 1.00 bits per heavy atom. The normalized spacial score (nSPS) is 8.00. The molecule has 0 aromatic heterocycles. The van der Waals surface area contributed by atoms with Gasteiger partial charge >= 0.3 is 0 Å². The van der Waals surface area contributed by atoms with Gasteiger partial charge in [0.25, 0.3) is 0 Å². The van der Waals surface area contributed by atoms with Crippen molar-refractivity contribution >= 4 is 40.9 Å². The maximum atomic E-state index is 5.37. The molecule has 1 radical (unpaired) electrons. The molecule has 0 amide bonds. The summed E-state index contributed by atoms with van der Waals surface area (Å²) in [5.41, 5.74) is 12.2. The topological polar surface area (TPSA) is 52.0 Å². The van der Waals surface area contributed by atoms with E-state index in [1.165, 1.54) is 0 Å². The van der Waals surface area contributed by atoms with Crippen LogP contribution < -0.4 is 11.5 Å². The van der Waals surface area contributed by atoms with Gasteiger partial charge in [-0.25, -0.2) is 0 Å². The molecule has 3 heteroatoms. The summed E-state index contributed by atoms with van der Waals surface area (Å²) in [4.78, 5) is 0. The van der Waals surface area contributed by atoms with Crippen LogP contribution in [0.3, 0.4) is 0 Å². The Labute approximate surface area is 76.5 Å². The zero-order valence-electron chi connectivity index (χ0n) is 5.46. The summed E-state index contributed by atoms with van der Waals surface area (Å²) in [5, 5.41) is 0. The average molecular weight is 131 g/mol. The molecule has 0 heterocycles. The van der Waals surface area contributed by atoms with Crippen LogP contribution in [0.4, 0.5) is 11.4 Å². The largest absolute Gasteiger partial charge is 0.399 e. The predicted molar refractivity (Wildman–Crippen MR) is 41.0 cm³/mol. The summed E-state index contributed by atoms with van der Waals surface area (Å²) in [5.74, 6) is 0. The van der Waals surface area contributed by atoms with E-state index in [4.69, 9.17) is 11.5 Å². The first kappa shape index (κ1) is 8.82. The molecule has 1 aromatic carbocycles. The van der Waals surface area contributed by atoms with Crippen LogP contribution in [0, 0.1) is 0 Å². The number of hydrogen-bond donors (Lipinski definition) is 2. The molecular formula is C6H8N2Na. The van der Waals surface area contributed by atoms with Crippen LogP contribution in [0.1, 0.15) is 0 Å². The van der Waals surface area contributed by atoms with E-state index in [0.717, 1.165) is 11.4 Å². The maximum Gasteiger partial charge on any atom is 0.0315 e. The SMILES string of the molecule is Nc1ccc(N)cc1.[Na]. The van der Waals surface area contributed by atoms with Crippen LogP contribution >= 0.6 is 0 Å². The molecule has 0 aliphatic heterocycles. The van der Waals surface area contributed by atoms with E-state index in [1.807, 2.05) is 0 Å². The first-order valence-corrected chi connectivity index (χ1v) is 2.40. The van der Waals surface area contributed by atoms with Crippen LogP contribution in [0.5, 0.6) is 0 Å². The second-order valence-corrected chi connectivity index (χ2v) is 1.67. The molecule has 0 bridgehead atoms. The Balaban J connectivity index is 0.000000640. The van der Waals surface area contributed by atoms with Gasteiger partial charge in [0.05, 0.1) is 0 Å². The molecule has 0 aliphatic carbocycles. The van der Waals surface area contributed by atoms with Crippen molar-refractivity contribution in [3.8, 4) is 0 Å². The number of hydrogen-bond acceptors (Lipinski definition) is 2. The number of nitrogen functional groups attached to an aromatic ring is 2. The van der Waals surface area contributed by atoms with Crippen molar-refractivity contribution in [3.05, 3.63) is 24.3 Å². The summed E-state index contributed by atoms with van der Waals surface area (Å²) in [7, 11) is 0. The molecule has 0 aliphatic rings. The van der Waals surface area contributed by atoms with Crippen LogP contribution in [-0.4, -0.2) is 29.6 Å². The molecule has 0 saturated heterocycles. The third kappa shape index (κ3) is 2.75. The summed E-state index contributed by atoms with van der Waals surface area (Å²) < 4.78 is 0. The molecule has 4 N–H and O–H groups in total. The second kappa shape index (κ2) is 3.77. The van der Waals surface area contributed by atoms with Crippen LogP contribution in [0.15, 0.2) is 24.3 Å². The molecule has 1 rings (SSSR count). The minimum atomic E-state index is 0. The Bertz CT molecular complexity index is 150. The van der Waals surface area contributed by atoms with E-state index in [-0.39, 0.29) is 29.6 Å². The van der Waals surface area contributed by atoms with Crippen molar-refractivity contribution in [1.29, 1.82) is 0 Å². The summed E-state index contributed by atoms with van der Waals surface area (Å²) >= 11 is 0. The van der Waals surface area contributed by atoms with Gasteiger partial charge < -0.3 is 11.5 Å². The molecule has 0 unspecified atom stereocenters. The first-order valence-electron chi connectivity index (χ1n) is 2.40. The minimum Gasteiger partial charge on any atom is -0.399 e. The summed E-state index contributed by atoms with van der Waals surface area (Å²) in [6.45, 7) is 0. The van der Waals surface area contributed by atoms with Gasteiger partial charge in [-0.15, -0.1) is 0 Å². The van der Waals surface area contributed by atoms with Crippen LogP contribution in [0.2, 0.25) is 0 Å². The average Bonchev–Trinajstić information content (AvgIpc) is 1.77. The predicted octanol–water partition coefficient (Wildman–Crippen LogP) is 0.470. The van der Waals surface area contributed by atoms with Crippen molar-refractivity contribution in [2.45, 2.75) is 0 Å². The second-order valence-electron chi connectivity index (χ2n) is 1.67. The van der Waals surface area contributed by atoms with Gasteiger partial charge in [0, 0.05) is 40.9 Å². The minimum absolute atomic E-state index is 0. The monoisotopic (exact) mass is 131 g/mol. The first-order chi connectivity index (χ1) is 3.79. The van der Waals surface area contributed by atoms with E-state index >= 15 is 0 Å². The number of rotatable bonds is 0. The standard InChI is InChI=1S/C6H8N2.Na/c7-5-1-2-6(8)4-3-5;/h1-4H,7-8H2;. The molecule has 0 atom stereocenters. The van der Waals surface area contributed by atoms with E-state index < -0.39 is 0 Å². The fourth-order valence-corrected chi connectivity index (χ4v) is 0.496. The van der Waals surface area contributed by atoms with E-state index in [2.05, 4.69) is 0 Å². The molecule has 0 saturated carbocycles. The summed E-state index contributed by atoms with van der Waals surface area (Å²) in [6.07, 6.45) is 0. The fraction of sp³-hybridized carbons (Fsp3) is 0. The van der Waals surface area contributed by atoms with E-state index in [0.29, 0.717) is 0 Å². The van der Waals surface area contributed by atoms with Crippen molar-refractivity contribution in [1.82, 2.24) is 0 Å². The van der Waals surface area contributed by atoms with Gasteiger partial charge in [0.1, 0.15) is 0 Å². The van der Waals surface area contributed by atoms with Gasteiger partial charge in [0.15, 0.2) is 0 Å². The molecule has 1 aromatic rings. The zero-order chi connectivity index (χ0) is 5.98. The zero-order valence-corrected chi connectivity index (χ0v) is 7.46. The molecule has 0 fully saturated rings. The molecule has 43 valence electrons. The molecule has 0 spiro atoms. The van der Waals surface area contributed by atoms with Crippen LogP contribution in [0.25, 0.3) is 0 Å². The van der Waals surface area contributed by atoms with Crippen molar-refractivity contribution in [2.75, 3.05) is 11.5 Å². The van der Waals surface area contributed by atoms with E-state index in [1.54, 1.807) is 24.3 Å². The Morgan fingerprint density at radius 1 is 0.778 bits per heavy atom. The maximum absolute atomic E-state index is 5.37. The quantitative estimate of drug-likeness (QED) is 0.397. The van der Waals surface area contributed by atoms with Gasteiger partial charge in [-0.1, -0.05) is 0 Å². The molecule has 9 heavy (non-hydrogen) atoms. The van der Waals surface area contributed by atoms with Crippen LogP contribution in [-0.2, 0) is 0 Å². The molecular weight excluding hydrogens is 123 g/mol. The Morgan fingerprint density at radius 3 is 1.22 bits per heavy atom. The Hall–Kier alpha value is -0.180. The van der Waals surface area contributed by atoms with Gasteiger partial charge in [-0.3, -0.25) is 0 Å². The third-order valence-electron chi connectivity index (χ3n) is 0.936. The number of benzene rings is 1. The molecule has 2 nitrogen and oxygen atoms in total. The Kier molecular flexibility index (Phi) is 3.70. The summed E-state index contributed by atoms with van der Waals surface area (Å²) in [6, 6.07) is 7.09. The van der Waals surface area contributed by atoms with Crippen molar-refractivity contribution < 1.29 is 0 Å². The smallest absolute Gasteiger partial charge is 0.0315 e. The van der Waals surface area contributed by atoms with E-state index in [9.17, 15) is 0 Å².